The van der Waals surface area contributed by atoms with Crippen molar-refractivity contribution in [2.75, 3.05) is 10.3 Å². The maximum atomic E-state index is 15.4. The summed E-state index contributed by atoms with van der Waals surface area (Å²) in [5, 5.41) is 11.3. The molecule has 3 heterocycles. The van der Waals surface area contributed by atoms with Gasteiger partial charge < -0.3 is 9.52 Å². The van der Waals surface area contributed by atoms with Crippen LogP contribution >= 0.6 is 0 Å². The minimum absolute atomic E-state index is 0.0964. The van der Waals surface area contributed by atoms with Gasteiger partial charge in [0, 0.05) is 11.5 Å². The number of rotatable bonds is 6. The lowest BCUT2D eigenvalue weighted by molar-refractivity contribution is -0.138. The Bertz CT molecular complexity index is 2640. The lowest BCUT2D eigenvalue weighted by atomic mass is 9.49. The summed E-state index contributed by atoms with van der Waals surface area (Å²) < 4.78 is 21.3. The van der Waals surface area contributed by atoms with Gasteiger partial charge in [-0.3, -0.25) is 29.5 Å². The summed E-state index contributed by atoms with van der Waals surface area (Å²) in [6, 6.07) is 34.7. The van der Waals surface area contributed by atoms with Crippen molar-refractivity contribution in [3.8, 4) is 17.2 Å². The second kappa shape index (κ2) is 12.8. The van der Waals surface area contributed by atoms with Crippen molar-refractivity contribution in [1.82, 2.24) is 9.99 Å². The van der Waals surface area contributed by atoms with Crippen LogP contribution in [-0.2, 0) is 24.6 Å². The maximum absolute atomic E-state index is 15.4. The van der Waals surface area contributed by atoms with E-state index in [9.17, 15) is 19.5 Å². The number of phenolic OH excluding ortho intramolecular Hbond substituents is 1. The highest BCUT2D eigenvalue weighted by Gasteiger charge is 2.70. The van der Waals surface area contributed by atoms with Crippen LogP contribution in [0.1, 0.15) is 35.4 Å². The highest BCUT2D eigenvalue weighted by Crippen LogP contribution is 2.64. The number of aromatic nitrogens is 1. The Kier molecular flexibility index (Phi) is 7.79. The standard InChI is InChI=1S/C46H35FN4O6/c1-25-11-16-29(17-12-25)49-51-43(54)34-24-33-31(40(27-15-22-37(52)35(47)23-27)46(34,45(51)56)28-7-3-2-4-8-28)20-21-32-39(33)44(55)50(42(32)53)30-18-13-26(14-19-30)41-48-36-9-5-6-10-38(36)57-41/h2-20,22-23,32-34,39-40,49,52H,21,24H2,1H3. The van der Waals surface area contributed by atoms with E-state index >= 15 is 9.18 Å². The van der Waals surface area contributed by atoms with Gasteiger partial charge in [-0.25, -0.2) is 9.37 Å². The molecule has 10 nitrogen and oxygen atoms in total. The number of benzene rings is 5. The van der Waals surface area contributed by atoms with E-state index in [-0.39, 0.29) is 18.7 Å². The number of aryl methyl sites for hydroxylation is 1. The number of aromatic hydroxyl groups is 1. The number of para-hydroxylation sites is 2. The zero-order chi connectivity index (χ0) is 39.2. The van der Waals surface area contributed by atoms with Crippen LogP contribution < -0.4 is 10.3 Å². The van der Waals surface area contributed by atoms with Crippen LogP contribution in [0.15, 0.2) is 137 Å². The molecule has 3 fully saturated rings. The van der Waals surface area contributed by atoms with Crippen molar-refractivity contribution < 1.29 is 33.1 Å². The molecule has 0 spiro atoms. The molecule has 1 saturated carbocycles. The van der Waals surface area contributed by atoms with Gasteiger partial charge in [0.15, 0.2) is 17.1 Å². The predicted octanol–water partition coefficient (Wildman–Crippen LogP) is 7.84. The zero-order valence-corrected chi connectivity index (χ0v) is 30.6. The number of anilines is 2. The van der Waals surface area contributed by atoms with Gasteiger partial charge in [-0.2, -0.15) is 5.01 Å². The van der Waals surface area contributed by atoms with E-state index in [1.54, 1.807) is 66.7 Å². The zero-order valence-electron chi connectivity index (χ0n) is 30.6. The summed E-state index contributed by atoms with van der Waals surface area (Å²) in [6.07, 6.45) is 2.22. The monoisotopic (exact) mass is 758 g/mol. The summed E-state index contributed by atoms with van der Waals surface area (Å²) in [5.74, 6) is -6.88. The van der Waals surface area contributed by atoms with Gasteiger partial charge >= 0.3 is 0 Å². The summed E-state index contributed by atoms with van der Waals surface area (Å²) in [5.41, 5.74) is 7.09. The van der Waals surface area contributed by atoms with E-state index in [2.05, 4.69) is 10.4 Å². The highest BCUT2D eigenvalue weighted by molar-refractivity contribution is 6.22. The number of hydrogen-bond acceptors (Lipinski definition) is 8. The molecule has 2 saturated heterocycles. The maximum Gasteiger partial charge on any atom is 0.260 e. The molecule has 5 aromatic carbocycles. The fourth-order valence-electron chi connectivity index (χ4n) is 9.83. The third-order valence-electron chi connectivity index (χ3n) is 12.4. The predicted molar refractivity (Wildman–Crippen MR) is 209 cm³/mol. The smallest absolute Gasteiger partial charge is 0.260 e. The quantitative estimate of drug-likeness (QED) is 0.130. The van der Waals surface area contributed by atoms with Crippen molar-refractivity contribution in [2.24, 2.45) is 23.7 Å². The number of oxazole rings is 1. The first-order chi connectivity index (χ1) is 27.6. The number of amides is 4. The molecule has 282 valence electrons. The van der Waals surface area contributed by atoms with Gasteiger partial charge in [0.05, 0.1) is 34.5 Å². The number of fused-ring (bicyclic) bond motifs is 5. The number of halogens is 1. The number of hydrogen-bond donors (Lipinski definition) is 2. The number of imide groups is 2. The Morgan fingerprint density at radius 2 is 1.56 bits per heavy atom. The first-order valence-electron chi connectivity index (χ1n) is 18.9. The second-order valence-corrected chi connectivity index (χ2v) is 15.3. The average molecular weight is 759 g/mol. The van der Waals surface area contributed by atoms with Crippen molar-refractivity contribution in [2.45, 2.75) is 31.1 Å². The molecular weight excluding hydrogens is 724 g/mol. The molecule has 1 aromatic heterocycles. The van der Waals surface area contributed by atoms with E-state index in [0.29, 0.717) is 50.6 Å². The van der Waals surface area contributed by atoms with Crippen molar-refractivity contribution in [1.29, 1.82) is 0 Å². The van der Waals surface area contributed by atoms with Gasteiger partial charge in [-0.1, -0.05) is 77.9 Å². The number of nitrogens with zero attached hydrogens (tertiary/aromatic N) is 3. The molecule has 57 heavy (non-hydrogen) atoms. The fraction of sp³-hybridized carbons (Fsp3) is 0.196. The second-order valence-electron chi connectivity index (χ2n) is 15.3. The van der Waals surface area contributed by atoms with E-state index in [1.165, 1.54) is 17.0 Å². The Morgan fingerprint density at radius 3 is 2.30 bits per heavy atom. The molecule has 11 heteroatoms. The van der Waals surface area contributed by atoms with Crippen LogP contribution in [0.5, 0.6) is 5.75 Å². The summed E-state index contributed by atoms with van der Waals surface area (Å²) in [7, 11) is 0. The van der Waals surface area contributed by atoms with Crippen molar-refractivity contribution in [3.63, 3.8) is 0 Å². The van der Waals surface area contributed by atoms with E-state index in [0.717, 1.165) is 10.6 Å². The minimum atomic E-state index is -1.56. The van der Waals surface area contributed by atoms with Crippen LogP contribution in [0.25, 0.3) is 22.6 Å². The van der Waals surface area contributed by atoms with E-state index in [1.807, 2.05) is 55.5 Å². The lowest BCUT2D eigenvalue weighted by Crippen LogP contribution is -2.53. The Labute approximate surface area is 326 Å². The number of phenols is 1. The minimum Gasteiger partial charge on any atom is -0.505 e. The highest BCUT2D eigenvalue weighted by atomic mass is 19.1. The lowest BCUT2D eigenvalue weighted by Gasteiger charge is -2.50. The molecule has 4 amide bonds. The van der Waals surface area contributed by atoms with Crippen LogP contribution in [0.2, 0.25) is 0 Å². The Morgan fingerprint density at radius 1 is 0.825 bits per heavy atom. The molecule has 2 aliphatic carbocycles. The molecule has 10 rings (SSSR count). The molecule has 4 aliphatic rings. The topological polar surface area (TPSA) is 133 Å². The van der Waals surface area contributed by atoms with Crippen LogP contribution in [0.3, 0.4) is 0 Å². The summed E-state index contributed by atoms with van der Waals surface area (Å²) in [6.45, 7) is 1.93. The van der Waals surface area contributed by atoms with Crippen LogP contribution in [-0.4, -0.2) is 38.7 Å². The molecule has 6 unspecified atom stereocenters. The average Bonchev–Trinajstić information content (AvgIpc) is 3.84. The molecular formula is C46H35FN4O6. The molecule has 2 N–H and O–H groups in total. The first kappa shape index (κ1) is 34.6. The van der Waals surface area contributed by atoms with E-state index < -0.39 is 64.3 Å². The van der Waals surface area contributed by atoms with Gasteiger partial charge in [-0.15, -0.1) is 0 Å². The number of carbonyl (C=O) groups is 4. The Balaban J connectivity index is 1.07. The molecule has 0 radical (unpaired) electrons. The molecule has 2 aliphatic heterocycles. The van der Waals surface area contributed by atoms with Crippen molar-refractivity contribution in [3.05, 3.63) is 155 Å². The van der Waals surface area contributed by atoms with Gasteiger partial charge in [0.1, 0.15) is 5.52 Å². The van der Waals surface area contributed by atoms with Crippen LogP contribution in [0, 0.1) is 36.4 Å². The van der Waals surface area contributed by atoms with Gasteiger partial charge in [0.2, 0.25) is 17.7 Å². The van der Waals surface area contributed by atoms with E-state index in [4.69, 9.17) is 4.42 Å². The normalized spacial score (nSPS) is 25.4. The number of nitrogens with one attached hydrogen (secondary N) is 1. The molecule has 6 atom stereocenters. The SMILES string of the molecule is Cc1ccc(NN2C(=O)C3CC4C(=CCC5C(=O)N(c6ccc(-c7nc8ccccc8o7)cc6)C(=O)C54)C(c4ccc(O)c(F)c4)C3(c3ccccc3)C2=O)cc1. The summed E-state index contributed by atoms with van der Waals surface area (Å²) >= 11 is 0. The van der Waals surface area contributed by atoms with Gasteiger partial charge in [0.25, 0.3) is 11.8 Å². The van der Waals surface area contributed by atoms with Gasteiger partial charge in [-0.05, 0) is 97.5 Å². The van der Waals surface area contributed by atoms with Crippen LogP contribution in [0.4, 0.5) is 15.8 Å². The largest absolute Gasteiger partial charge is 0.505 e. The first-order valence-corrected chi connectivity index (χ1v) is 18.9. The van der Waals surface area contributed by atoms with Crippen molar-refractivity contribution >= 4 is 46.1 Å². The molecule has 0 bridgehead atoms. The molecule has 6 aromatic rings. The fourth-order valence-corrected chi connectivity index (χ4v) is 9.83. The summed E-state index contributed by atoms with van der Waals surface area (Å²) in [4.78, 5) is 64.9. The third-order valence-corrected chi connectivity index (χ3v) is 12.4. The number of allylic oxidation sites excluding steroid dienone is 2. The number of carbonyl (C=O) groups excluding carboxylic acids is 4. The Hall–Kier alpha value is -6.88. The number of hydrazine groups is 1. The third kappa shape index (κ3) is 5.11.